The number of carboxylic acid groups (broad SMARTS) is 1. The molecule has 6 rings (SSSR count). The fourth-order valence-corrected chi connectivity index (χ4v) is 5.23. The Morgan fingerprint density at radius 1 is 0.952 bits per heavy atom. The number of carboxylic acids is 1. The molecule has 0 bridgehead atoms. The van der Waals surface area contributed by atoms with Crippen LogP contribution < -0.4 is 5.56 Å². The third-order valence-electron chi connectivity index (χ3n) is 7.09. The predicted molar refractivity (Wildman–Crippen MR) is 157 cm³/mol. The molecule has 2 N–H and O–H groups in total. The summed E-state index contributed by atoms with van der Waals surface area (Å²) in [5.41, 5.74) is 3.92. The number of rotatable bonds is 9. The number of nitrogens with zero attached hydrogens (tertiary/aromatic N) is 5. The Morgan fingerprint density at radius 3 is 2.52 bits per heavy atom. The zero-order chi connectivity index (χ0) is 29.2. The molecule has 208 valence electrons. The van der Waals surface area contributed by atoms with E-state index in [0.29, 0.717) is 39.2 Å². The van der Waals surface area contributed by atoms with Gasteiger partial charge in [-0.05, 0) is 69.6 Å². The largest absolute Gasteiger partial charge is 0.477 e. The number of pyridine rings is 1. The first-order valence-corrected chi connectivity index (χ1v) is 13.4. The molecule has 0 spiro atoms. The predicted octanol–water partition coefficient (Wildman–Crippen LogP) is 4.92. The third kappa shape index (κ3) is 5.48. The number of H-pyrrole nitrogens is 1. The quantitative estimate of drug-likeness (QED) is 0.248. The molecule has 0 aliphatic rings. The van der Waals surface area contributed by atoms with Gasteiger partial charge in [0.25, 0.3) is 5.56 Å². The van der Waals surface area contributed by atoms with Gasteiger partial charge in [0.2, 0.25) is 0 Å². The number of aromatic carboxylic acids is 1. The molecule has 0 aliphatic heterocycles. The van der Waals surface area contributed by atoms with Crippen molar-refractivity contribution in [2.24, 2.45) is 0 Å². The molecule has 3 aromatic carbocycles. The molecule has 0 saturated carbocycles. The van der Waals surface area contributed by atoms with Gasteiger partial charge in [0.1, 0.15) is 12.0 Å². The van der Waals surface area contributed by atoms with Crippen LogP contribution in [0.25, 0.3) is 27.7 Å². The lowest BCUT2D eigenvalue weighted by atomic mass is 9.96. The van der Waals surface area contributed by atoms with Crippen LogP contribution in [0, 0.1) is 0 Å². The highest BCUT2D eigenvalue weighted by atomic mass is 35.5. The minimum atomic E-state index is -1.06. The molecule has 0 radical (unpaired) electrons. The fourth-order valence-electron chi connectivity index (χ4n) is 5.06. The number of Topliss-reactive ketones (excluding diaryl/α,β-unsaturated/α-hetero) is 1. The second-order valence-electron chi connectivity index (χ2n) is 9.84. The van der Waals surface area contributed by atoms with Crippen LogP contribution in [0.15, 0.2) is 102 Å². The average Bonchev–Trinajstić information content (AvgIpc) is 3.67. The van der Waals surface area contributed by atoms with E-state index in [-0.39, 0.29) is 23.5 Å². The van der Waals surface area contributed by atoms with Gasteiger partial charge in [0.15, 0.2) is 5.78 Å². The molecular formula is C31H23ClN6O4. The highest BCUT2D eigenvalue weighted by Crippen LogP contribution is 2.29. The van der Waals surface area contributed by atoms with E-state index in [9.17, 15) is 19.5 Å². The van der Waals surface area contributed by atoms with E-state index in [4.69, 9.17) is 11.6 Å². The van der Waals surface area contributed by atoms with Crippen molar-refractivity contribution in [1.82, 2.24) is 29.8 Å². The van der Waals surface area contributed by atoms with Crippen LogP contribution in [0.5, 0.6) is 0 Å². The molecule has 10 nitrogen and oxygen atoms in total. The zero-order valence-corrected chi connectivity index (χ0v) is 22.8. The molecular weight excluding hydrogens is 556 g/mol. The van der Waals surface area contributed by atoms with Crippen molar-refractivity contribution in [3.05, 3.63) is 130 Å². The number of halogens is 1. The smallest absolute Gasteiger partial charge is 0.352 e. The van der Waals surface area contributed by atoms with Crippen molar-refractivity contribution in [3.8, 4) is 16.8 Å². The first-order valence-electron chi connectivity index (χ1n) is 13.0. The molecule has 3 heterocycles. The summed E-state index contributed by atoms with van der Waals surface area (Å²) < 4.78 is 2.94. The second-order valence-corrected chi connectivity index (χ2v) is 10.3. The Hall–Kier alpha value is -5.35. The number of carbonyl (C=O) groups excluding carboxylic acids is 1. The van der Waals surface area contributed by atoms with Crippen molar-refractivity contribution in [1.29, 1.82) is 0 Å². The standard InChI is InChI=1S/C31H23ClN6O4/c32-23-7-9-27(38-18-33-35-36-38)24(17-23)21-10-11-37(30(40)16-21)28(13-19-4-2-1-3-5-19)29(39)14-20-6-8-25-22(12-20)15-26(34-25)31(41)42/h1-12,15-18,28,34H,13-14H2,(H,41,42). The maximum absolute atomic E-state index is 13.8. The second kappa shape index (κ2) is 11.3. The van der Waals surface area contributed by atoms with E-state index in [0.717, 1.165) is 11.1 Å². The lowest BCUT2D eigenvalue weighted by molar-refractivity contribution is -0.121. The summed E-state index contributed by atoms with van der Waals surface area (Å²) in [4.78, 5) is 41.6. The number of aromatic nitrogens is 6. The van der Waals surface area contributed by atoms with Gasteiger partial charge in [0.05, 0.1) is 11.7 Å². The van der Waals surface area contributed by atoms with Gasteiger partial charge in [-0.1, -0.05) is 48.0 Å². The Morgan fingerprint density at radius 2 is 1.79 bits per heavy atom. The van der Waals surface area contributed by atoms with Crippen LogP contribution in [-0.4, -0.2) is 46.6 Å². The Bertz CT molecular complexity index is 1980. The lowest BCUT2D eigenvalue weighted by Crippen LogP contribution is -2.31. The summed E-state index contributed by atoms with van der Waals surface area (Å²) in [5.74, 6) is -1.21. The number of nitrogens with one attached hydrogen (secondary N) is 1. The van der Waals surface area contributed by atoms with Gasteiger partial charge in [-0.2, -0.15) is 4.68 Å². The molecule has 0 aliphatic carbocycles. The van der Waals surface area contributed by atoms with Crippen LogP contribution in [0.3, 0.4) is 0 Å². The topological polar surface area (TPSA) is 136 Å². The van der Waals surface area contributed by atoms with Gasteiger partial charge in [-0.25, -0.2) is 4.79 Å². The van der Waals surface area contributed by atoms with E-state index in [1.807, 2.05) is 30.3 Å². The molecule has 3 aromatic heterocycles. The molecule has 0 amide bonds. The van der Waals surface area contributed by atoms with Crippen LogP contribution >= 0.6 is 11.6 Å². The Labute approximate surface area is 243 Å². The number of benzene rings is 3. The summed E-state index contributed by atoms with van der Waals surface area (Å²) >= 11 is 6.29. The molecule has 42 heavy (non-hydrogen) atoms. The lowest BCUT2D eigenvalue weighted by Gasteiger charge is -2.20. The Kier molecular flexibility index (Phi) is 7.20. The highest BCUT2D eigenvalue weighted by Gasteiger charge is 2.23. The monoisotopic (exact) mass is 578 g/mol. The SMILES string of the molecule is O=C(O)c1cc2cc(CC(=O)C(Cc3ccccc3)n3ccc(-c4cc(Cl)ccc4-n4cnnn4)cc3=O)ccc2[nH]1. The number of ketones is 1. The van der Waals surface area contributed by atoms with Crippen LogP contribution in [-0.2, 0) is 17.6 Å². The normalized spacial score (nSPS) is 11.9. The molecule has 1 atom stereocenters. The number of hydrogen-bond donors (Lipinski definition) is 2. The van der Waals surface area contributed by atoms with E-state index in [1.165, 1.54) is 27.7 Å². The van der Waals surface area contributed by atoms with Crippen molar-refractivity contribution < 1.29 is 14.7 Å². The summed E-state index contributed by atoms with van der Waals surface area (Å²) in [5, 5.41) is 21.8. The summed E-state index contributed by atoms with van der Waals surface area (Å²) in [6, 6.07) is 24.1. The number of fused-ring (bicyclic) bond motifs is 1. The molecule has 0 saturated heterocycles. The maximum Gasteiger partial charge on any atom is 0.352 e. The van der Waals surface area contributed by atoms with E-state index >= 15 is 0 Å². The third-order valence-corrected chi connectivity index (χ3v) is 7.32. The number of carbonyl (C=O) groups is 2. The average molecular weight is 579 g/mol. The number of aromatic amines is 1. The van der Waals surface area contributed by atoms with Gasteiger partial charge in [0, 0.05) is 46.6 Å². The Balaban J connectivity index is 1.36. The molecule has 1 unspecified atom stereocenters. The number of hydrogen-bond acceptors (Lipinski definition) is 6. The van der Waals surface area contributed by atoms with Gasteiger partial charge < -0.3 is 14.7 Å². The summed E-state index contributed by atoms with van der Waals surface area (Å²) in [7, 11) is 0. The van der Waals surface area contributed by atoms with Gasteiger partial charge in [-0.15, -0.1) is 5.10 Å². The van der Waals surface area contributed by atoms with Gasteiger partial charge >= 0.3 is 5.97 Å². The minimum Gasteiger partial charge on any atom is -0.477 e. The molecule has 11 heteroatoms. The maximum atomic E-state index is 13.8. The van der Waals surface area contributed by atoms with Crippen molar-refractivity contribution >= 4 is 34.3 Å². The first-order chi connectivity index (χ1) is 20.4. The van der Waals surface area contributed by atoms with E-state index in [2.05, 4.69) is 20.5 Å². The fraction of sp³-hybridized carbons (Fsp3) is 0.0968. The molecule has 0 fully saturated rings. The van der Waals surface area contributed by atoms with E-state index in [1.54, 1.807) is 48.7 Å². The van der Waals surface area contributed by atoms with Crippen LogP contribution in [0.4, 0.5) is 0 Å². The summed E-state index contributed by atoms with van der Waals surface area (Å²) in [6.45, 7) is 0. The first kappa shape index (κ1) is 26.9. The van der Waals surface area contributed by atoms with Crippen LogP contribution in [0.2, 0.25) is 5.02 Å². The van der Waals surface area contributed by atoms with Crippen molar-refractivity contribution in [3.63, 3.8) is 0 Å². The summed E-state index contributed by atoms with van der Waals surface area (Å²) in [6.07, 6.45) is 3.46. The van der Waals surface area contributed by atoms with E-state index < -0.39 is 12.0 Å². The van der Waals surface area contributed by atoms with Crippen molar-refractivity contribution in [2.45, 2.75) is 18.9 Å². The van der Waals surface area contributed by atoms with Crippen LogP contribution in [0.1, 0.15) is 27.7 Å². The minimum absolute atomic E-state index is 0.0625. The zero-order valence-electron chi connectivity index (χ0n) is 22.0. The van der Waals surface area contributed by atoms with Gasteiger partial charge in [-0.3, -0.25) is 9.59 Å². The highest BCUT2D eigenvalue weighted by molar-refractivity contribution is 6.31. The molecule has 6 aromatic rings. The number of tetrazole rings is 1. The van der Waals surface area contributed by atoms with Crippen molar-refractivity contribution in [2.75, 3.05) is 0 Å².